The van der Waals surface area contributed by atoms with E-state index in [1.807, 2.05) is 89.6 Å². The Morgan fingerprint density at radius 2 is 1.71 bits per heavy atom. The van der Waals surface area contributed by atoms with Crippen LogP contribution in [0.3, 0.4) is 0 Å². The van der Waals surface area contributed by atoms with Crippen LogP contribution in [-0.4, -0.2) is 23.3 Å². The van der Waals surface area contributed by atoms with Gasteiger partial charge in [0.1, 0.15) is 12.3 Å². The quantitative estimate of drug-likeness (QED) is 0.364. The van der Waals surface area contributed by atoms with Crippen LogP contribution in [0.15, 0.2) is 90.2 Å². The lowest BCUT2D eigenvalue weighted by Gasteiger charge is -2.06. The molecule has 0 aliphatic rings. The Bertz CT molecular complexity index is 1250. The largest absolute Gasteiger partial charge is 0.484 e. The number of carbonyl (C=O) groups excluding carboxylic acids is 1. The highest BCUT2D eigenvalue weighted by molar-refractivity contribution is 5.99. The van der Waals surface area contributed by atoms with Crippen molar-refractivity contribution in [1.82, 2.24) is 9.99 Å². The second kappa shape index (κ2) is 9.42. The first kappa shape index (κ1) is 19.9. The van der Waals surface area contributed by atoms with Gasteiger partial charge in [-0.2, -0.15) is 10.4 Å². The number of nitrogens with zero attached hydrogens (tertiary/aromatic N) is 3. The molecule has 0 spiro atoms. The van der Waals surface area contributed by atoms with Crippen molar-refractivity contribution in [2.75, 3.05) is 6.61 Å². The number of hydrogen-bond donors (Lipinski definition) is 1. The Labute approximate surface area is 180 Å². The van der Waals surface area contributed by atoms with Crippen molar-refractivity contribution in [3.05, 3.63) is 90.6 Å². The van der Waals surface area contributed by atoms with Crippen LogP contribution in [0.4, 0.5) is 0 Å². The number of hydrogen-bond acceptors (Lipinski definition) is 4. The van der Waals surface area contributed by atoms with Gasteiger partial charge in [-0.1, -0.05) is 60.7 Å². The van der Waals surface area contributed by atoms with Crippen LogP contribution in [0.25, 0.3) is 22.0 Å². The number of benzene rings is 3. The summed E-state index contributed by atoms with van der Waals surface area (Å²) in [6.07, 6.45) is 3.41. The average molecular weight is 408 g/mol. The molecule has 152 valence electrons. The summed E-state index contributed by atoms with van der Waals surface area (Å²) >= 11 is 0. The molecule has 0 saturated heterocycles. The Balaban J connectivity index is 1.33. The summed E-state index contributed by atoms with van der Waals surface area (Å²) in [4.78, 5) is 12.1. The third-order valence-corrected chi connectivity index (χ3v) is 4.78. The van der Waals surface area contributed by atoms with Crippen LogP contribution in [0.2, 0.25) is 0 Å². The molecule has 6 nitrogen and oxygen atoms in total. The zero-order valence-corrected chi connectivity index (χ0v) is 16.7. The van der Waals surface area contributed by atoms with Crippen LogP contribution < -0.4 is 10.2 Å². The summed E-state index contributed by atoms with van der Waals surface area (Å²) in [6, 6.07) is 27.5. The van der Waals surface area contributed by atoms with Gasteiger partial charge in [-0.15, -0.1) is 0 Å². The zero-order chi connectivity index (χ0) is 21.5. The summed E-state index contributed by atoms with van der Waals surface area (Å²) < 4.78 is 7.39. The fraction of sp³-hybridized carbons (Fsp3) is 0.0800. The molecule has 0 saturated carbocycles. The fourth-order valence-corrected chi connectivity index (χ4v) is 3.31. The van der Waals surface area contributed by atoms with E-state index >= 15 is 0 Å². The molecule has 4 aromatic rings. The number of rotatable bonds is 7. The molecular formula is C25H20N4O2. The van der Waals surface area contributed by atoms with Crippen molar-refractivity contribution >= 4 is 23.0 Å². The van der Waals surface area contributed by atoms with Gasteiger partial charge in [0.15, 0.2) is 6.61 Å². The van der Waals surface area contributed by atoms with Gasteiger partial charge in [0, 0.05) is 22.7 Å². The minimum absolute atomic E-state index is 0.141. The smallest absolute Gasteiger partial charge is 0.277 e. The summed E-state index contributed by atoms with van der Waals surface area (Å²) in [7, 11) is 0. The molecule has 1 aromatic heterocycles. The van der Waals surface area contributed by atoms with Crippen molar-refractivity contribution in [2.24, 2.45) is 5.10 Å². The van der Waals surface area contributed by atoms with E-state index in [4.69, 9.17) is 10.00 Å². The first-order chi connectivity index (χ1) is 15.2. The predicted octanol–water partition coefficient (Wildman–Crippen LogP) is 4.36. The minimum atomic E-state index is -0.357. The highest BCUT2D eigenvalue weighted by Gasteiger charge is 2.07. The SMILES string of the molecule is N#CCn1cc(C=NNC(=O)COc2ccc(-c3ccccc3)cc2)c2ccccc21. The lowest BCUT2D eigenvalue weighted by molar-refractivity contribution is -0.123. The van der Waals surface area contributed by atoms with E-state index in [1.54, 1.807) is 6.21 Å². The number of nitriles is 1. The predicted molar refractivity (Wildman–Crippen MR) is 121 cm³/mol. The second-order valence-electron chi connectivity index (χ2n) is 6.86. The Kier molecular flexibility index (Phi) is 6.05. The summed E-state index contributed by atoms with van der Waals surface area (Å²) in [5, 5.41) is 14.0. The maximum atomic E-state index is 12.1. The molecule has 1 heterocycles. The molecule has 3 aromatic carbocycles. The molecule has 1 N–H and O–H groups in total. The van der Waals surface area contributed by atoms with E-state index in [-0.39, 0.29) is 19.1 Å². The third kappa shape index (κ3) is 4.80. The Morgan fingerprint density at radius 1 is 1.00 bits per heavy atom. The number of hydrazone groups is 1. The molecule has 0 fully saturated rings. The van der Waals surface area contributed by atoms with E-state index in [9.17, 15) is 4.79 Å². The minimum Gasteiger partial charge on any atom is -0.484 e. The molecule has 31 heavy (non-hydrogen) atoms. The molecule has 1 amide bonds. The van der Waals surface area contributed by atoms with E-state index in [1.165, 1.54) is 0 Å². The van der Waals surface area contributed by atoms with Gasteiger partial charge in [0.25, 0.3) is 5.91 Å². The van der Waals surface area contributed by atoms with Crippen LogP contribution in [0, 0.1) is 11.3 Å². The average Bonchev–Trinajstić information content (AvgIpc) is 3.16. The summed E-state index contributed by atoms with van der Waals surface area (Å²) in [5.41, 5.74) is 6.45. The highest BCUT2D eigenvalue weighted by Crippen LogP contribution is 2.22. The standard InChI is InChI=1S/C25H20N4O2/c26-14-15-29-17-21(23-8-4-5-9-24(23)29)16-27-28-25(30)18-31-22-12-10-20(11-13-22)19-6-2-1-3-7-19/h1-13,16-17H,15,18H2,(H,28,30). The molecule has 0 radical (unpaired) electrons. The third-order valence-electron chi connectivity index (χ3n) is 4.78. The van der Waals surface area contributed by atoms with Crippen molar-refractivity contribution in [3.8, 4) is 22.9 Å². The summed E-state index contributed by atoms with van der Waals surface area (Å²) in [5.74, 6) is 0.252. The Morgan fingerprint density at radius 3 is 2.48 bits per heavy atom. The lowest BCUT2D eigenvalue weighted by Crippen LogP contribution is -2.24. The van der Waals surface area contributed by atoms with Crippen LogP contribution >= 0.6 is 0 Å². The molecule has 0 aliphatic heterocycles. The molecule has 0 aliphatic carbocycles. The van der Waals surface area contributed by atoms with Crippen LogP contribution in [0.5, 0.6) is 5.75 Å². The van der Waals surface area contributed by atoms with Gasteiger partial charge < -0.3 is 9.30 Å². The number of aromatic nitrogens is 1. The Hall–Kier alpha value is -4.37. The van der Waals surface area contributed by atoms with Crippen molar-refractivity contribution in [2.45, 2.75) is 6.54 Å². The van der Waals surface area contributed by atoms with Crippen LogP contribution in [0.1, 0.15) is 5.56 Å². The first-order valence-electron chi connectivity index (χ1n) is 9.79. The molecule has 0 unspecified atom stereocenters. The molecule has 0 atom stereocenters. The van der Waals surface area contributed by atoms with Gasteiger partial charge in [0.05, 0.1) is 12.3 Å². The van der Waals surface area contributed by atoms with E-state index in [2.05, 4.69) is 16.6 Å². The van der Waals surface area contributed by atoms with E-state index in [0.717, 1.165) is 27.6 Å². The van der Waals surface area contributed by atoms with Crippen molar-refractivity contribution in [1.29, 1.82) is 5.26 Å². The van der Waals surface area contributed by atoms with Gasteiger partial charge in [0.2, 0.25) is 0 Å². The first-order valence-corrected chi connectivity index (χ1v) is 9.79. The van der Waals surface area contributed by atoms with Crippen LogP contribution in [-0.2, 0) is 11.3 Å². The number of ether oxygens (including phenoxy) is 1. The topological polar surface area (TPSA) is 79.4 Å². The number of amides is 1. The zero-order valence-electron chi connectivity index (χ0n) is 16.7. The molecule has 0 bridgehead atoms. The second-order valence-corrected chi connectivity index (χ2v) is 6.86. The highest BCUT2D eigenvalue weighted by atomic mass is 16.5. The normalized spacial score (nSPS) is 10.8. The fourth-order valence-electron chi connectivity index (χ4n) is 3.31. The molecule has 4 rings (SSSR count). The number of carbonyl (C=O) groups is 1. The number of para-hydroxylation sites is 1. The van der Waals surface area contributed by atoms with Crippen molar-refractivity contribution < 1.29 is 9.53 Å². The summed E-state index contributed by atoms with van der Waals surface area (Å²) in [6.45, 7) is 0.107. The number of nitrogens with one attached hydrogen (secondary N) is 1. The van der Waals surface area contributed by atoms with Crippen molar-refractivity contribution in [3.63, 3.8) is 0 Å². The monoisotopic (exact) mass is 408 g/mol. The van der Waals surface area contributed by atoms with Gasteiger partial charge in [-0.25, -0.2) is 5.43 Å². The van der Waals surface area contributed by atoms with E-state index in [0.29, 0.717) is 5.75 Å². The van der Waals surface area contributed by atoms with Gasteiger partial charge >= 0.3 is 0 Å². The molecular weight excluding hydrogens is 388 g/mol. The van der Waals surface area contributed by atoms with Gasteiger partial charge in [-0.3, -0.25) is 4.79 Å². The van der Waals surface area contributed by atoms with E-state index < -0.39 is 0 Å². The number of fused-ring (bicyclic) bond motifs is 1. The van der Waals surface area contributed by atoms with Gasteiger partial charge in [-0.05, 0) is 29.3 Å². The maximum absolute atomic E-state index is 12.1. The molecule has 6 heteroatoms. The maximum Gasteiger partial charge on any atom is 0.277 e. The lowest BCUT2D eigenvalue weighted by atomic mass is 10.1.